The van der Waals surface area contributed by atoms with Gasteiger partial charge >= 0.3 is 0 Å². The molecule has 1 rings (SSSR count). The molecule has 0 aromatic rings. The molecule has 0 aromatic heterocycles. The lowest BCUT2D eigenvalue weighted by molar-refractivity contribution is 0.153. The van der Waals surface area contributed by atoms with Gasteiger partial charge < -0.3 is 15.4 Å². The number of halogens is 1. The fourth-order valence-corrected chi connectivity index (χ4v) is 2.81. The maximum absolute atomic E-state index is 11.1. The molecule has 0 spiro atoms. The normalized spacial score (nSPS) is 17.2. The van der Waals surface area contributed by atoms with Crippen LogP contribution in [0.15, 0.2) is 16.6 Å². The molecule has 22 heavy (non-hydrogen) atoms. The first-order valence-electron chi connectivity index (χ1n) is 7.31. The van der Waals surface area contributed by atoms with Crippen molar-refractivity contribution in [3.8, 4) is 0 Å². The number of nitrogens with one attached hydrogen (secondary N) is 2. The van der Waals surface area contributed by atoms with E-state index in [0.29, 0.717) is 19.0 Å². The largest absolute Gasteiger partial charge is 0.377 e. The third-order valence-corrected chi connectivity index (χ3v) is 4.30. The molecule has 0 aromatic carbocycles. The van der Waals surface area contributed by atoms with E-state index in [-0.39, 0.29) is 35.8 Å². The molecule has 1 atom stereocenters. The maximum atomic E-state index is 11.1. The minimum absolute atomic E-state index is 0. The minimum Gasteiger partial charge on any atom is -0.377 e. The van der Waals surface area contributed by atoms with Gasteiger partial charge in [-0.1, -0.05) is 11.6 Å². The van der Waals surface area contributed by atoms with Gasteiger partial charge in [-0.25, -0.2) is 8.42 Å². The number of hydrogen-bond acceptors (Lipinski definition) is 4. The fraction of sp³-hybridized carbons (Fsp3) is 0.786. The van der Waals surface area contributed by atoms with Gasteiger partial charge in [-0.05, 0) is 26.2 Å². The Bertz CT molecular complexity index is 478. The van der Waals surface area contributed by atoms with Crippen LogP contribution < -0.4 is 10.6 Å². The van der Waals surface area contributed by atoms with Crippen LogP contribution in [0.2, 0.25) is 0 Å². The van der Waals surface area contributed by atoms with Gasteiger partial charge in [-0.3, -0.25) is 4.99 Å². The van der Waals surface area contributed by atoms with Crippen molar-refractivity contribution in [2.75, 3.05) is 38.8 Å². The zero-order chi connectivity index (χ0) is 15.7. The van der Waals surface area contributed by atoms with Crippen LogP contribution in [0.4, 0.5) is 0 Å². The molecule has 0 aliphatic carbocycles. The lowest BCUT2D eigenvalue weighted by Gasteiger charge is -2.18. The Morgan fingerprint density at radius 3 is 2.77 bits per heavy atom. The Balaban J connectivity index is 0.00000441. The van der Waals surface area contributed by atoms with Gasteiger partial charge in [0.1, 0.15) is 9.84 Å². The molecule has 8 heteroatoms. The molecule has 0 radical (unpaired) electrons. The van der Waals surface area contributed by atoms with Crippen LogP contribution in [0, 0.1) is 0 Å². The molecule has 0 fully saturated rings. The SMILES string of the molecule is CN=C(NCCC1=CCOCC1)NC(C)CCS(C)(=O)=O.I. The number of ether oxygens (including phenoxy) is 1. The average molecular weight is 445 g/mol. The highest BCUT2D eigenvalue weighted by Crippen LogP contribution is 2.10. The summed E-state index contributed by atoms with van der Waals surface area (Å²) >= 11 is 0. The summed E-state index contributed by atoms with van der Waals surface area (Å²) in [7, 11) is -1.20. The standard InChI is InChI=1S/C14H27N3O3S.HI/c1-12(7-11-21(3,18)19)17-14(15-2)16-8-4-13-5-9-20-10-6-13;/h5,12H,4,6-11H2,1-3H3,(H2,15,16,17);1H. The molecule has 1 heterocycles. The Labute approximate surface area is 151 Å². The zero-order valence-corrected chi connectivity index (χ0v) is 16.7. The van der Waals surface area contributed by atoms with Gasteiger partial charge in [0.2, 0.25) is 0 Å². The molecule has 1 aliphatic heterocycles. The van der Waals surface area contributed by atoms with Gasteiger partial charge in [0.25, 0.3) is 0 Å². The third-order valence-electron chi connectivity index (χ3n) is 3.32. The van der Waals surface area contributed by atoms with Gasteiger partial charge in [-0.15, -0.1) is 24.0 Å². The van der Waals surface area contributed by atoms with Crippen LogP contribution in [0.3, 0.4) is 0 Å². The van der Waals surface area contributed by atoms with E-state index in [4.69, 9.17) is 4.74 Å². The van der Waals surface area contributed by atoms with Crippen molar-refractivity contribution >= 4 is 39.8 Å². The van der Waals surface area contributed by atoms with E-state index in [2.05, 4.69) is 21.7 Å². The van der Waals surface area contributed by atoms with Crippen molar-refractivity contribution in [2.24, 2.45) is 4.99 Å². The Morgan fingerprint density at radius 1 is 1.50 bits per heavy atom. The van der Waals surface area contributed by atoms with E-state index >= 15 is 0 Å². The molecular formula is C14H28IN3O3S. The van der Waals surface area contributed by atoms with Crippen LogP contribution >= 0.6 is 24.0 Å². The Kier molecular flexibility index (Phi) is 11.0. The summed E-state index contributed by atoms with van der Waals surface area (Å²) in [6.45, 7) is 4.29. The summed E-state index contributed by atoms with van der Waals surface area (Å²) in [4.78, 5) is 4.16. The second kappa shape index (κ2) is 11.2. The number of aliphatic imine (C=N–C) groups is 1. The van der Waals surface area contributed by atoms with E-state index in [9.17, 15) is 8.42 Å². The molecule has 0 saturated carbocycles. The van der Waals surface area contributed by atoms with Crippen LogP contribution in [-0.4, -0.2) is 59.2 Å². The Hall–Kier alpha value is -0.350. The van der Waals surface area contributed by atoms with E-state index < -0.39 is 9.84 Å². The van der Waals surface area contributed by atoms with Crippen molar-refractivity contribution in [1.82, 2.24) is 10.6 Å². The Morgan fingerprint density at radius 2 is 2.23 bits per heavy atom. The lowest BCUT2D eigenvalue weighted by atomic mass is 10.1. The van der Waals surface area contributed by atoms with E-state index in [1.165, 1.54) is 11.8 Å². The first kappa shape index (κ1) is 21.6. The lowest BCUT2D eigenvalue weighted by Crippen LogP contribution is -2.43. The number of hydrogen-bond donors (Lipinski definition) is 2. The second-order valence-electron chi connectivity index (χ2n) is 5.40. The van der Waals surface area contributed by atoms with Crippen LogP contribution in [0.1, 0.15) is 26.2 Å². The summed E-state index contributed by atoms with van der Waals surface area (Å²) < 4.78 is 27.6. The summed E-state index contributed by atoms with van der Waals surface area (Å²) in [6, 6.07) is 0.0632. The van der Waals surface area contributed by atoms with Crippen molar-refractivity contribution in [3.05, 3.63) is 11.6 Å². The number of guanidine groups is 1. The van der Waals surface area contributed by atoms with Crippen molar-refractivity contribution in [2.45, 2.75) is 32.2 Å². The monoisotopic (exact) mass is 445 g/mol. The highest BCUT2D eigenvalue weighted by molar-refractivity contribution is 14.0. The molecule has 130 valence electrons. The quantitative estimate of drug-likeness (QED) is 0.268. The minimum atomic E-state index is -2.91. The van der Waals surface area contributed by atoms with Gasteiger partial charge in [0, 0.05) is 25.9 Å². The summed E-state index contributed by atoms with van der Waals surface area (Å²) in [5.41, 5.74) is 1.41. The smallest absolute Gasteiger partial charge is 0.191 e. The molecule has 0 amide bonds. The first-order valence-corrected chi connectivity index (χ1v) is 9.37. The highest BCUT2D eigenvalue weighted by Gasteiger charge is 2.09. The van der Waals surface area contributed by atoms with E-state index in [0.717, 1.165) is 26.0 Å². The molecule has 6 nitrogen and oxygen atoms in total. The van der Waals surface area contributed by atoms with Gasteiger partial charge in [0.15, 0.2) is 5.96 Å². The second-order valence-corrected chi connectivity index (χ2v) is 7.66. The first-order chi connectivity index (χ1) is 9.90. The number of nitrogens with zero attached hydrogens (tertiary/aromatic N) is 1. The molecule has 1 aliphatic rings. The van der Waals surface area contributed by atoms with Gasteiger partial charge in [0.05, 0.1) is 19.0 Å². The van der Waals surface area contributed by atoms with Crippen LogP contribution in [0.25, 0.3) is 0 Å². The molecule has 2 N–H and O–H groups in total. The van der Waals surface area contributed by atoms with Crippen molar-refractivity contribution in [1.29, 1.82) is 0 Å². The van der Waals surface area contributed by atoms with Crippen LogP contribution in [-0.2, 0) is 14.6 Å². The van der Waals surface area contributed by atoms with Crippen LogP contribution in [0.5, 0.6) is 0 Å². The average Bonchev–Trinajstić information content (AvgIpc) is 2.44. The highest BCUT2D eigenvalue weighted by atomic mass is 127. The molecular weight excluding hydrogens is 417 g/mol. The third kappa shape index (κ3) is 10.4. The predicted molar refractivity (Wildman–Crippen MR) is 102 cm³/mol. The van der Waals surface area contributed by atoms with E-state index in [1.54, 1.807) is 7.05 Å². The number of sulfone groups is 1. The summed E-state index contributed by atoms with van der Waals surface area (Å²) in [5.74, 6) is 0.897. The molecule has 0 bridgehead atoms. The molecule has 0 saturated heterocycles. The van der Waals surface area contributed by atoms with E-state index in [1.807, 2.05) is 6.92 Å². The van der Waals surface area contributed by atoms with Crippen molar-refractivity contribution in [3.63, 3.8) is 0 Å². The predicted octanol–water partition coefficient (Wildman–Crippen LogP) is 1.33. The fourth-order valence-electron chi connectivity index (χ4n) is 2.03. The summed E-state index contributed by atoms with van der Waals surface area (Å²) in [6.07, 6.45) is 5.94. The van der Waals surface area contributed by atoms with Gasteiger partial charge in [-0.2, -0.15) is 0 Å². The topological polar surface area (TPSA) is 79.8 Å². The van der Waals surface area contributed by atoms with Crippen molar-refractivity contribution < 1.29 is 13.2 Å². The number of rotatable bonds is 7. The maximum Gasteiger partial charge on any atom is 0.191 e. The molecule has 1 unspecified atom stereocenters. The zero-order valence-electron chi connectivity index (χ0n) is 13.6. The summed E-state index contributed by atoms with van der Waals surface area (Å²) in [5, 5.41) is 6.46.